The minimum absolute atomic E-state index is 0.200. The summed E-state index contributed by atoms with van der Waals surface area (Å²) in [6.07, 6.45) is 4.34. The number of likely N-dealkylation sites (tertiary alicyclic amines) is 1. The van der Waals surface area contributed by atoms with Crippen molar-refractivity contribution in [3.63, 3.8) is 0 Å². The van der Waals surface area contributed by atoms with Gasteiger partial charge in [-0.1, -0.05) is 18.2 Å². The van der Waals surface area contributed by atoms with E-state index in [0.29, 0.717) is 12.6 Å². The van der Waals surface area contributed by atoms with Crippen molar-refractivity contribution < 1.29 is 5.11 Å². The topological polar surface area (TPSA) is 44.5 Å². The summed E-state index contributed by atoms with van der Waals surface area (Å²) in [6, 6.07) is 12.8. The largest absolute Gasteiger partial charge is 0.395 e. The molecule has 2 aromatic rings. The molecule has 0 atom stereocenters. The second-order valence-electron chi connectivity index (χ2n) is 6.32. The van der Waals surface area contributed by atoms with Gasteiger partial charge in [0.2, 0.25) is 0 Å². The van der Waals surface area contributed by atoms with Crippen LogP contribution in [-0.4, -0.2) is 64.0 Å². The van der Waals surface area contributed by atoms with E-state index in [4.69, 9.17) is 5.10 Å². The van der Waals surface area contributed by atoms with E-state index in [0.717, 1.165) is 43.9 Å². The van der Waals surface area contributed by atoms with Crippen LogP contribution in [0.1, 0.15) is 18.5 Å². The molecule has 0 bridgehead atoms. The minimum Gasteiger partial charge on any atom is -0.395 e. The molecule has 1 N–H and O–H groups in total. The van der Waals surface area contributed by atoms with Crippen LogP contribution >= 0.6 is 0 Å². The lowest BCUT2D eigenvalue weighted by Crippen LogP contribution is -2.44. The van der Waals surface area contributed by atoms with E-state index in [1.54, 1.807) is 0 Å². The Bertz CT molecular complexity index is 590. The number of rotatable bonds is 6. The Kier molecular flexibility index (Phi) is 5.43. The van der Waals surface area contributed by atoms with E-state index in [1.807, 2.05) is 29.1 Å². The predicted molar refractivity (Wildman–Crippen MR) is 91.6 cm³/mol. The summed E-state index contributed by atoms with van der Waals surface area (Å²) in [6.45, 7) is 3.98. The molecule has 5 heteroatoms. The van der Waals surface area contributed by atoms with Gasteiger partial charge in [-0.15, -0.1) is 0 Å². The SMILES string of the molecule is CN1CCC(N(CCO)Cc2ccn(-c3ccccc3)n2)CC1. The molecule has 3 rings (SSSR count). The number of aliphatic hydroxyl groups excluding tert-OH is 1. The van der Waals surface area contributed by atoms with Crippen LogP contribution < -0.4 is 0 Å². The number of hydrogen-bond donors (Lipinski definition) is 1. The number of para-hydroxylation sites is 1. The second kappa shape index (κ2) is 7.73. The lowest BCUT2D eigenvalue weighted by molar-refractivity contribution is 0.0930. The summed E-state index contributed by atoms with van der Waals surface area (Å²) in [7, 11) is 2.17. The zero-order chi connectivity index (χ0) is 16.1. The molecule has 5 nitrogen and oxygen atoms in total. The molecule has 0 spiro atoms. The molecule has 0 aliphatic carbocycles. The van der Waals surface area contributed by atoms with Crippen LogP contribution in [0.4, 0.5) is 0 Å². The average molecular weight is 314 g/mol. The Hall–Kier alpha value is -1.69. The van der Waals surface area contributed by atoms with Gasteiger partial charge in [0.1, 0.15) is 0 Å². The lowest BCUT2D eigenvalue weighted by Gasteiger charge is -2.36. The highest BCUT2D eigenvalue weighted by atomic mass is 16.3. The summed E-state index contributed by atoms with van der Waals surface area (Å²) in [5, 5.41) is 14.1. The third kappa shape index (κ3) is 4.19. The van der Waals surface area contributed by atoms with E-state index in [9.17, 15) is 5.11 Å². The average Bonchev–Trinajstić information content (AvgIpc) is 3.05. The normalized spacial score (nSPS) is 17.0. The molecule has 0 amide bonds. The van der Waals surface area contributed by atoms with Crippen molar-refractivity contribution in [1.29, 1.82) is 0 Å². The van der Waals surface area contributed by atoms with Crippen molar-refractivity contribution in [2.24, 2.45) is 0 Å². The molecule has 0 radical (unpaired) electrons. The predicted octanol–water partition coefficient (Wildman–Crippen LogP) is 1.76. The quantitative estimate of drug-likeness (QED) is 0.882. The first-order valence-electron chi connectivity index (χ1n) is 8.39. The smallest absolute Gasteiger partial charge is 0.0769 e. The van der Waals surface area contributed by atoms with E-state index in [1.165, 1.54) is 0 Å². The van der Waals surface area contributed by atoms with Crippen molar-refractivity contribution in [2.45, 2.75) is 25.4 Å². The lowest BCUT2D eigenvalue weighted by atomic mass is 10.0. The van der Waals surface area contributed by atoms with Crippen molar-refractivity contribution >= 4 is 0 Å². The van der Waals surface area contributed by atoms with Crippen molar-refractivity contribution in [3.05, 3.63) is 48.3 Å². The van der Waals surface area contributed by atoms with Crippen LogP contribution in [0.25, 0.3) is 5.69 Å². The third-order valence-electron chi connectivity index (χ3n) is 4.62. The van der Waals surface area contributed by atoms with Crippen LogP contribution in [0.3, 0.4) is 0 Å². The van der Waals surface area contributed by atoms with Gasteiger partial charge in [0, 0.05) is 25.3 Å². The van der Waals surface area contributed by atoms with E-state index < -0.39 is 0 Å². The van der Waals surface area contributed by atoms with Gasteiger partial charge < -0.3 is 10.0 Å². The highest BCUT2D eigenvalue weighted by molar-refractivity contribution is 5.30. The van der Waals surface area contributed by atoms with Gasteiger partial charge in [0.25, 0.3) is 0 Å². The monoisotopic (exact) mass is 314 g/mol. The number of aromatic nitrogens is 2. The van der Waals surface area contributed by atoms with Gasteiger partial charge in [-0.3, -0.25) is 4.90 Å². The van der Waals surface area contributed by atoms with Crippen LogP contribution in [0.5, 0.6) is 0 Å². The van der Waals surface area contributed by atoms with Gasteiger partial charge in [-0.2, -0.15) is 5.10 Å². The summed E-state index contributed by atoms with van der Waals surface area (Å²) in [4.78, 5) is 4.75. The molecule has 23 heavy (non-hydrogen) atoms. The van der Waals surface area contributed by atoms with E-state index in [-0.39, 0.29) is 6.61 Å². The van der Waals surface area contributed by atoms with E-state index >= 15 is 0 Å². The summed E-state index contributed by atoms with van der Waals surface area (Å²) in [5.41, 5.74) is 2.13. The number of benzene rings is 1. The molecule has 1 aromatic heterocycles. The van der Waals surface area contributed by atoms with E-state index in [2.05, 4.69) is 35.0 Å². The van der Waals surface area contributed by atoms with Crippen LogP contribution in [0, 0.1) is 0 Å². The van der Waals surface area contributed by atoms with Crippen LogP contribution in [0.15, 0.2) is 42.6 Å². The van der Waals surface area contributed by atoms with Crippen molar-refractivity contribution in [1.82, 2.24) is 19.6 Å². The number of nitrogens with zero attached hydrogens (tertiary/aromatic N) is 4. The first-order chi connectivity index (χ1) is 11.3. The molecule has 0 saturated carbocycles. The molecule has 1 saturated heterocycles. The van der Waals surface area contributed by atoms with Gasteiger partial charge in [-0.05, 0) is 51.2 Å². The summed E-state index contributed by atoms with van der Waals surface area (Å²) < 4.78 is 1.92. The number of aliphatic hydroxyl groups is 1. The molecule has 1 aromatic carbocycles. The van der Waals surface area contributed by atoms with Gasteiger partial charge in [0.05, 0.1) is 18.0 Å². The van der Waals surface area contributed by atoms with Gasteiger partial charge in [-0.25, -0.2) is 4.68 Å². The Morgan fingerprint density at radius 2 is 1.91 bits per heavy atom. The molecule has 124 valence electrons. The van der Waals surface area contributed by atoms with Crippen LogP contribution in [0.2, 0.25) is 0 Å². The van der Waals surface area contributed by atoms with Crippen molar-refractivity contribution in [3.8, 4) is 5.69 Å². The molecule has 1 aliphatic heterocycles. The number of hydrogen-bond acceptors (Lipinski definition) is 4. The fourth-order valence-corrected chi connectivity index (χ4v) is 3.26. The Morgan fingerprint density at radius 3 is 2.61 bits per heavy atom. The fourth-order valence-electron chi connectivity index (χ4n) is 3.26. The molecular formula is C18H26N4O. The number of piperidine rings is 1. The van der Waals surface area contributed by atoms with Crippen molar-refractivity contribution in [2.75, 3.05) is 33.3 Å². The maximum atomic E-state index is 9.40. The molecule has 0 unspecified atom stereocenters. The zero-order valence-corrected chi connectivity index (χ0v) is 13.8. The summed E-state index contributed by atoms with van der Waals surface area (Å²) in [5.74, 6) is 0. The third-order valence-corrected chi connectivity index (χ3v) is 4.62. The molecular weight excluding hydrogens is 288 g/mol. The highest BCUT2D eigenvalue weighted by Gasteiger charge is 2.23. The van der Waals surface area contributed by atoms with Gasteiger partial charge >= 0.3 is 0 Å². The maximum Gasteiger partial charge on any atom is 0.0769 e. The fraction of sp³-hybridized carbons (Fsp3) is 0.500. The Labute approximate surface area is 138 Å². The first-order valence-corrected chi connectivity index (χ1v) is 8.39. The standard InChI is InChI=1S/C18H26N4O/c1-20-10-8-17(9-11-20)21(13-14-23)15-16-7-12-22(19-16)18-5-3-2-4-6-18/h2-7,12,17,23H,8-11,13-15H2,1H3. The maximum absolute atomic E-state index is 9.40. The molecule has 2 heterocycles. The minimum atomic E-state index is 0.200. The summed E-state index contributed by atoms with van der Waals surface area (Å²) >= 11 is 0. The zero-order valence-electron chi connectivity index (χ0n) is 13.8. The molecule has 1 fully saturated rings. The Morgan fingerprint density at radius 1 is 1.17 bits per heavy atom. The first kappa shape index (κ1) is 16.2. The Balaban J connectivity index is 1.67. The molecule has 1 aliphatic rings. The van der Waals surface area contributed by atoms with Gasteiger partial charge in [0.15, 0.2) is 0 Å². The van der Waals surface area contributed by atoms with Crippen LogP contribution in [-0.2, 0) is 6.54 Å². The highest BCUT2D eigenvalue weighted by Crippen LogP contribution is 2.18. The second-order valence-corrected chi connectivity index (χ2v) is 6.32.